The maximum absolute atomic E-state index is 6.99. The highest BCUT2D eigenvalue weighted by molar-refractivity contribution is 6.26. The highest BCUT2D eigenvalue weighted by Crippen LogP contribution is 2.44. The Morgan fingerprint density at radius 1 is 0.500 bits per heavy atom. The molecule has 0 N–H and O–H groups in total. The van der Waals surface area contributed by atoms with Crippen molar-refractivity contribution in [3.8, 4) is 44.5 Å². The first-order valence-electron chi connectivity index (χ1n) is 19.5. The predicted molar refractivity (Wildman–Crippen MR) is 241 cm³/mol. The molecule has 0 saturated heterocycles. The topological polar surface area (TPSA) is 13.1 Å². The Kier molecular flexibility index (Phi) is 8.42. The summed E-state index contributed by atoms with van der Waals surface area (Å²) in [6.07, 6.45) is 13.2. The molecule has 1 heteroatoms. The van der Waals surface area contributed by atoms with Crippen LogP contribution in [-0.4, -0.2) is 0 Å². The van der Waals surface area contributed by atoms with Gasteiger partial charge in [0.2, 0.25) is 0 Å². The molecule has 0 saturated carbocycles. The normalized spacial score (nSPS) is 13.2. The van der Waals surface area contributed by atoms with E-state index in [0.29, 0.717) is 0 Å². The van der Waals surface area contributed by atoms with E-state index in [2.05, 4.69) is 196 Å². The summed E-state index contributed by atoms with van der Waals surface area (Å²) in [6, 6.07) is 57.5. The van der Waals surface area contributed by atoms with Crippen LogP contribution in [0, 0.1) is 0 Å². The van der Waals surface area contributed by atoms with E-state index in [1.165, 1.54) is 66.2 Å². The molecule has 9 aromatic rings. The highest BCUT2D eigenvalue weighted by Gasteiger charge is 2.18. The van der Waals surface area contributed by atoms with E-state index in [9.17, 15) is 0 Å². The summed E-state index contributed by atoms with van der Waals surface area (Å²) < 4.78 is 6.99. The SMILES string of the molecule is C=C/C(=C\C)c1cc(-c2ccccc2)cc(-c2ccc3oc4ccc(-c5cc(C6=CCCC=C6)cc(-c6ccccc6)c5)c5cccc(c6cccc2c36)c45)c1. The van der Waals surface area contributed by atoms with Crippen molar-refractivity contribution >= 4 is 54.6 Å². The van der Waals surface area contributed by atoms with E-state index >= 15 is 0 Å². The molecule has 0 fully saturated rings. The average Bonchev–Trinajstić information content (AvgIpc) is 3.41. The second kappa shape index (κ2) is 14.0. The van der Waals surface area contributed by atoms with Gasteiger partial charge in [0, 0.05) is 10.8 Å². The lowest BCUT2D eigenvalue weighted by molar-refractivity contribution is 0.664. The summed E-state index contributed by atoms with van der Waals surface area (Å²) in [5.41, 5.74) is 16.0. The van der Waals surface area contributed by atoms with Crippen molar-refractivity contribution in [2.45, 2.75) is 19.8 Å². The van der Waals surface area contributed by atoms with E-state index in [0.717, 1.165) is 56.9 Å². The van der Waals surface area contributed by atoms with Gasteiger partial charge in [-0.25, -0.2) is 0 Å². The third kappa shape index (κ3) is 5.81. The van der Waals surface area contributed by atoms with Gasteiger partial charge >= 0.3 is 0 Å². The van der Waals surface area contributed by atoms with E-state index in [4.69, 9.17) is 4.42 Å². The van der Waals surface area contributed by atoms with Gasteiger partial charge < -0.3 is 4.42 Å². The number of allylic oxidation sites excluding steroid dienone is 7. The molecule has 1 nitrogen and oxygen atoms in total. The van der Waals surface area contributed by atoms with Crippen molar-refractivity contribution < 1.29 is 4.42 Å². The van der Waals surface area contributed by atoms with Crippen molar-refractivity contribution in [1.29, 1.82) is 0 Å². The van der Waals surface area contributed by atoms with E-state index in [-0.39, 0.29) is 0 Å². The van der Waals surface area contributed by atoms with Crippen molar-refractivity contribution in [2.24, 2.45) is 0 Å². The van der Waals surface area contributed by atoms with Crippen LogP contribution in [0.5, 0.6) is 0 Å². The Balaban J connectivity index is 1.21. The zero-order valence-corrected chi connectivity index (χ0v) is 31.4. The predicted octanol–water partition coefficient (Wildman–Crippen LogP) is 15.9. The first-order valence-corrected chi connectivity index (χ1v) is 19.5. The van der Waals surface area contributed by atoms with Crippen LogP contribution in [0.1, 0.15) is 30.9 Å². The molecule has 1 aliphatic rings. The molecule has 0 bridgehead atoms. The summed E-state index contributed by atoms with van der Waals surface area (Å²) >= 11 is 0. The number of hydrogen-bond acceptors (Lipinski definition) is 1. The van der Waals surface area contributed by atoms with Gasteiger partial charge in [0.05, 0.1) is 0 Å². The van der Waals surface area contributed by atoms with E-state index in [1.807, 2.05) is 6.08 Å². The van der Waals surface area contributed by atoms with Crippen molar-refractivity contribution in [1.82, 2.24) is 0 Å². The minimum atomic E-state index is 0.869. The summed E-state index contributed by atoms with van der Waals surface area (Å²) in [4.78, 5) is 0. The summed E-state index contributed by atoms with van der Waals surface area (Å²) in [5.74, 6) is 0. The van der Waals surface area contributed by atoms with E-state index < -0.39 is 0 Å². The van der Waals surface area contributed by atoms with Gasteiger partial charge in [-0.15, -0.1) is 0 Å². The number of hydrogen-bond donors (Lipinski definition) is 0. The minimum absolute atomic E-state index is 0.869. The molecule has 0 unspecified atom stereocenters. The van der Waals surface area contributed by atoms with Gasteiger partial charge in [-0.05, 0) is 157 Å². The van der Waals surface area contributed by atoms with Crippen LogP contribution >= 0.6 is 0 Å². The fourth-order valence-corrected chi connectivity index (χ4v) is 8.71. The lowest BCUT2D eigenvalue weighted by Crippen LogP contribution is -1.91. The van der Waals surface area contributed by atoms with Crippen LogP contribution < -0.4 is 0 Å². The fraction of sp³-hybridized carbons (Fsp3) is 0.0545. The Bertz CT molecular complexity index is 3080. The maximum Gasteiger partial charge on any atom is 0.135 e. The van der Waals surface area contributed by atoms with Crippen molar-refractivity contribution in [3.05, 3.63) is 206 Å². The monoisotopic (exact) mass is 716 g/mol. The first kappa shape index (κ1) is 33.6. The molecule has 8 aromatic carbocycles. The van der Waals surface area contributed by atoms with Crippen LogP contribution in [0.4, 0.5) is 0 Å². The molecule has 266 valence electrons. The second-order valence-electron chi connectivity index (χ2n) is 14.7. The second-order valence-corrected chi connectivity index (χ2v) is 14.7. The molecule has 0 radical (unpaired) electrons. The van der Waals surface area contributed by atoms with Gasteiger partial charge in [-0.1, -0.05) is 146 Å². The quantitative estimate of drug-likeness (QED) is 0.150. The Labute approximate surface area is 327 Å². The lowest BCUT2D eigenvalue weighted by Gasteiger charge is -2.15. The molecule has 1 aliphatic carbocycles. The minimum Gasteiger partial charge on any atom is -0.456 e. The summed E-state index contributed by atoms with van der Waals surface area (Å²) in [5, 5.41) is 6.96. The standard InChI is InChI=1S/C55H40O/c1-3-36(4-2)40-30-41(37-16-8-5-9-17-37)33-44(32-40)46-26-28-52-54-48(46)22-14-24-50(54)51-25-15-23-49-47(27-29-53(56-52)55(49)51)45-34-42(38-18-10-6-11-19-38)31-43(35-45)39-20-12-7-13-21-39/h3-6,8-12,14-35H,1,7,13H2,2H3/b36-4+. The lowest BCUT2D eigenvalue weighted by atomic mass is 9.88. The van der Waals surface area contributed by atoms with Crippen LogP contribution in [0.25, 0.3) is 99.1 Å². The molecular weight excluding hydrogens is 677 g/mol. The number of rotatable bonds is 7. The molecule has 56 heavy (non-hydrogen) atoms. The molecule has 10 rings (SSSR count). The third-order valence-electron chi connectivity index (χ3n) is 11.4. The van der Waals surface area contributed by atoms with Gasteiger partial charge in [0.25, 0.3) is 0 Å². The first-order chi connectivity index (χ1) is 27.7. The van der Waals surface area contributed by atoms with Crippen LogP contribution in [-0.2, 0) is 0 Å². The van der Waals surface area contributed by atoms with E-state index in [1.54, 1.807) is 0 Å². The van der Waals surface area contributed by atoms with Crippen molar-refractivity contribution in [2.75, 3.05) is 0 Å². The molecule has 1 aromatic heterocycles. The summed E-state index contributed by atoms with van der Waals surface area (Å²) in [6.45, 7) is 6.21. The third-order valence-corrected chi connectivity index (χ3v) is 11.4. The molecule has 0 atom stereocenters. The molecule has 0 amide bonds. The summed E-state index contributed by atoms with van der Waals surface area (Å²) in [7, 11) is 0. The zero-order chi connectivity index (χ0) is 37.6. The van der Waals surface area contributed by atoms with Gasteiger partial charge in [0.1, 0.15) is 11.2 Å². The van der Waals surface area contributed by atoms with Crippen LogP contribution in [0.15, 0.2) is 199 Å². The van der Waals surface area contributed by atoms with Gasteiger partial charge in [0.15, 0.2) is 0 Å². The maximum atomic E-state index is 6.99. The zero-order valence-electron chi connectivity index (χ0n) is 31.4. The van der Waals surface area contributed by atoms with Gasteiger partial charge in [-0.3, -0.25) is 0 Å². The average molecular weight is 717 g/mol. The smallest absolute Gasteiger partial charge is 0.135 e. The largest absolute Gasteiger partial charge is 0.456 e. The Morgan fingerprint density at radius 3 is 1.57 bits per heavy atom. The Hall–Kier alpha value is -6.96. The number of fused-ring (bicyclic) bond motifs is 1. The fourth-order valence-electron chi connectivity index (χ4n) is 8.71. The van der Waals surface area contributed by atoms with Crippen LogP contribution in [0.2, 0.25) is 0 Å². The molecule has 0 spiro atoms. The van der Waals surface area contributed by atoms with Crippen molar-refractivity contribution in [3.63, 3.8) is 0 Å². The Morgan fingerprint density at radius 2 is 1.02 bits per heavy atom. The number of benzene rings is 8. The van der Waals surface area contributed by atoms with Gasteiger partial charge in [-0.2, -0.15) is 0 Å². The highest BCUT2D eigenvalue weighted by atomic mass is 16.3. The molecule has 1 heterocycles. The molecular formula is C55H40O. The van der Waals surface area contributed by atoms with Crippen LogP contribution in [0.3, 0.4) is 0 Å². The molecule has 0 aliphatic heterocycles.